The van der Waals surface area contributed by atoms with Crippen molar-refractivity contribution in [2.75, 3.05) is 13.1 Å². The van der Waals surface area contributed by atoms with Crippen molar-refractivity contribution < 1.29 is 9.59 Å². The summed E-state index contributed by atoms with van der Waals surface area (Å²) in [4.78, 5) is 25.8. The molecule has 5 heteroatoms. The smallest absolute Gasteiger partial charge is 0.253 e. The molecule has 0 spiro atoms. The summed E-state index contributed by atoms with van der Waals surface area (Å²) in [5, 5.41) is 0. The molecule has 0 atom stereocenters. The molecule has 1 saturated heterocycles. The molecule has 96 valence electrons. The van der Waals surface area contributed by atoms with Crippen molar-refractivity contribution in [2.24, 2.45) is 11.7 Å². The average Bonchev–Trinajstić information content (AvgIpc) is 2.39. The summed E-state index contributed by atoms with van der Waals surface area (Å²) in [7, 11) is 0. The number of thiol groups is 1. The number of rotatable bonds is 2. The number of primary amides is 1. The van der Waals surface area contributed by atoms with Gasteiger partial charge >= 0.3 is 0 Å². The number of amides is 2. The van der Waals surface area contributed by atoms with Crippen molar-refractivity contribution in [1.29, 1.82) is 0 Å². The quantitative estimate of drug-likeness (QED) is 0.791. The van der Waals surface area contributed by atoms with Crippen LogP contribution in [0.15, 0.2) is 29.2 Å². The first-order valence-corrected chi connectivity index (χ1v) is 6.40. The van der Waals surface area contributed by atoms with Gasteiger partial charge in [0.25, 0.3) is 5.91 Å². The normalized spacial score (nSPS) is 16.6. The fourth-order valence-electron chi connectivity index (χ4n) is 2.15. The van der Waals surface area contributed by atoms with Gasteiger partial charge in [-0.15, -0.1) is 12.6 Å². The Kier molecular flexibility index (Phi) is 3.91. The van der Waals surface area contributed by atoms with Gasteiger partial charge in [0.1, 0.15) is 0 Å². The lowest BCUT2D eigenvalue weighted by atomic mass is 9.96. The third kappa shape index (κ3) is 2.85. The van der Waals surface area contributed by atoms with E-state index in [9.17, 15) is 9.59 Å². The van der Waals surface area contributed by atoms with E-state index in [1.54, 1.807) is 29.2 Å². The van der Waals surface area contributed by atoms with Crippen LogP contribution in [0.4, 0.5) is 0 Å². The van der Waals surface area contributed by atoms with Gasteiger partial charge in [-0.05, 0) is 37.1 Å². The second kappa shape index (κ2) is 5.44. The highest BCUT2D eigenvalue weighted by Crippen LogP contribution is 2.19. The van der Waals surface area contributed by atoms with Gasteiger partial charge < -0.3 is 10.6 Å². The van der Waals surface area contributed by atoms with Gasteiger partial charge in [0.15, 0.2) is 0 Å². The van der Waals surface area contributed by atoms with E-state index >= 15 is 0 Å². The molecule has 1 aromatic carbocycles. The molecule has 0 aliphatic carbocycles. The Morgan fingerprint density at radius 1 is 1.17 bits per heavy atom. The van der Waals surface area contributed by atoms with Crippen LogP contribution in [0, 0.1) is 5.92 Å². The minimum Gasteiger partial charge on any atom is -0.369 e. The Morgan fingerprint density at radius 2 is 1.72 bits per heavy atom. The van der Waals surface area contributed by atoms with Crippen LogP contribution in [0.5, 0.6) is 0 Å². The molecule has 0 radical (unpaired) electrons. The predicted molar refractivity (Wildman–Crippen MR) is 71.5 cm³/mol. The summed E-state index contributed by atoms with van der Waals surface area (Å²) < 4.78 is 0. The fourth-order valence-corrected chi connectivity index (χ4v) is 2.30. The van der Waals surface area contributed by atoms with E-state index < -0.39 is 0 Å². The number of hydrogen-bond acceptors (Lipinski definition) is 3. The molecule has 0 aromatic heterocycles. The molecule has 0 unspecified atom stereocenters. The lowest BCUT2D eigenvalue weighted by Gasteiger charge is -2.30. The van der Waals surface area contributed by atoms with Gasteiger partial charge in [-0.1, -0.05) is 0 Å². The highest BCUT2D eigenvalue weighted by molar-refractivity contribution is 7.80. The van der Waals surface area contributed by atoms with E-state index in [2.05, 4.69) is 12.6 Å². The average molecular weight is 264 g/mol. The van der Waals surface area contributed by atoms with E-state index in [4.69, 9.17) is 5.73 Å². The Morgan fingerprint density at radius 3 is 2.22 bits per heavy atom. The predicted octanol–water partition coefficient (Wildman–Crippen LogP) is 1.31. The van der Waals surface area contributed by atoms with Crippen LogP contribution in [0.3, 0.4) is 0 Å². The Labute approximate surface area is 112 Å². The van der Waals surface area contributed by atoms with Crippen LogP contribution in [0.1, 0.15) is 23.2 Å². The van der Waals surface area contributed by atoms with Gasteiger partial charge in [0.05, 0.1) is 0 Å². The lowest BCUT2D eigenvalue weighted by Crippen LogP contribution is -2.41. The highest BCUT2D eigenvalue weighted by atomic mass is 32.1. The summed E-state index contributed by atoms with van der Waals surface area (Å²) in [6, 6.07) is 7.13. The van der Waals surface area contributed by atoms with E-state index in [1.165, 1.54) is 0 Å². The van der Waals surface area contributed by atoms with Crippen LogP contribution in [0.2, 0.25) is 0 Å². The minimum absolute atomic E-state index is 0.00579. The number of hydrogen-bond donors (Lipinski definition) is 2. The van der Waals surface area contributed by atoms with Crippen LogP contribution >= 0.6 is 12.6 Å². The molecule has 4 nitrogen and oxygen atoms in total. The van der Waals surface area contributed by atoms with E-state index in [0.717, 1.165) is 4.90 Å². The number of carbonyl (C=O) groups excluding carboxylic acids is 2. The van der Waals surface area contributed by atoms with E-state index in [0.29, 0.717) is 31.5 Å². The van der Waals surface area contributed by atoms with Crippen molar-refractivity contribution >= 4 is 24.4 Å². The van der Waals surface area contributed by atoms with Crippen molar-refractivity contribution in [3.63, 3.8) is 0 Å². The summed E-state index contributed by atoms with van der Waals surface area (Å²) in [5.41, 5.74) is 5.92. The minimum atomic E-state index is -0.262. The monoisotopic (exact) mass is 264 g/mol. The standard InChI is InChI=1S/C13H16N2O2S/c14-12(16)9-5-7-15(8-6-9)13(17)10-1-3-11(18)4-2-10/h1-4,9,18H,5-8H2,(H2,14,16). The van der Waals surface area contributed by atoms with Crippen LogP contribution in [0.25, 0.3) is 0 Å². The van der Waals surface area contributed by atoms with Gasteiger partial charge in [-0.25, -0.2) is 0 Å². The highest BCUT2D eigenvalue weighted by Gasteiger charge is 2.26. The zero-order chi connectivity index (χ0) is 13.1. The molecule has 1 aliphatic heterocycles. The first-order valence-electron chi connectivity index (χ1n) is 5.95. The lowest BCUT2D eigenvalue weighted by molar-refractivity contribution is -0.123. The summed E-state index contributed by atoms with van der Waals surface area (Å²) in [6.45, 7) is 1.18. The van der Waals surface area contributed by atoms with Crippen LogP contribution in [-0.4, -0.2) is 29.8 Å². The third-order valence-electron chi connectivity index (χ3n) is 3.30. The molecule has 1 heterocycles. The molecule has 1 fully saturated rings. The number of nitrogens with zero attached hydrogens (tertiary/aromatic N) is 1. The molecule has 2 rings (SSSR count). The SMILES string of the molecule is NC(=O)C1CCN(C(=O)c2ccc(S)cc2)CC1. The molecule has 18 heavy (non-hydrogen) atoms. The van der Waals surface area contributed by atoms with Gasteiger partial charge in [0.2, 0.25) is 5.91 Å². The maximum absolute atomic E-state index is 12.2. The van der Waals surface area contributed by atoms with Gasteiger partial charge in [-0.3, -0.25) is 9.59 Å². The van der Waals surface area contributed by atoms with E-state index in [1.807, 2.05) is 0 Å². The first kappa shape index (κ1) is 13.0. The molecule has 1 aromatic rings. The zero-order valence-electron chi connectivity index (χ0n) is 10.0. The molecule has 2 N–H and O–H groups in total. The third-order valence-corrected chi connectivity index (χ3v) is 3.60. The Hall–Kier alpha value is -1.49. The second-order valence-electron chi connectivity index (χ2n) is 4.52. The van der Waals surface area contributed by atoms with Gasteiger partial charge in [0, 0.05) is 29.5 Å². The number of piperidine rings is 1. The Balaban J connectivity index is 1.99. The maximum atomic E-state index is 12.2. The first-order chi connectivity index (χ1) is 8.58. The molecular formula is C13H16N2O2S. The number of nitrogens with two attached hydrogens (primary N) is 1. The van der Waals surface area contributed by atoms with Crippen molar-refractivity contribution in [2.45, 2.75) is 17.7 Å². The molecular weight excluding hydrogens is 248 g/mol. The number of carbonyl (C=O) groups is 2. The second-order valence-corrected chi connectivity index (χ2v) is 5.03. The van der Waals surface area contributed by atoms with Crippen LogP contribution in [-0.2, 0) is 4.79 Å². The summed E-state index contributed by atoms with van der Waals surface area (Å²) in [6.07, 6.45) is 1.32. The molecule has 0 saturated carbocycles. The topological polar surface area (TPSA) is 63.4 Å². The summed E-state index contributed by atoms with van der Waals surface area (Å²) >= 11 is 4.19. The number of likely N-dealkylation sites (tertiary alicyclic amines) is 1. The molecule has 2 amide bonds. The van der Waals surface area contributed by atoms with Crippen molar-refractivity contribution in [3.05, 3.63) is 29.8 Å². The Bertz CT molecular complexity index is 451. The van der Waals surface area contributed by atoms with Crippen LogP contribution < -0.4 is 5.73 Å². The van der Waals surface area contributed by atoms with Crippen molar-refractivity contribution in [1.82, 2.24) is 4.90 Å². The van der Waals surface area contributed by atoms with Crippen molar-refractivity contribution in [3.8, 4) is 0 Å². The molecule has 0 bridgehead atoms. The fraction of sp³-hybridized carbons (Fsp3) is 0.385. The zero-order valence-corrected chi connectivity index (χ0v) is 10.9. The largest absolute Gasteiger partial charge is 0.369 e. The maximum Gasteiger partial charge on any atom is 0.253 e. The molecule has 1 aliphatic rings. The number of benzene rings is 1. The summed E-state index contributed by atoms with van der Waals surface area (Å²) in [5.74, 6) is -0.346. The van der Waals surface area contributed by atoms with Gasteiger partial charge in [-0.2, -0.15) is 0 Å². The van der Waals surface area contributed by atoms with E-state index in [-0.39, 0.29) is 17.7 Å².